The Morgan fingerprint density at radius 1 is 0.839 bits per heavy atom. The van der Waals surface area contributed by atoms with Crippen molar-refractivity contribution in [1.82, 2.24) is 0 Å². The summed E-state index contributed by atoms with van der Waals surface area (Å²) in [6.45, 7) is 0. The van der Waals surface area contributed by atoms with Crippen LogP contribution in [0.1, 0.15) is 26.3 Å². The van der Waals surface area contributed by atoms with Crippen molar-refractivity contribution in [2.24, 2.45) is 0 Å². The lowest BCUT2D eigenvalue weighted by molar-refractivity contribution is 0.103. The van der Waals surface area contributed by atoms with Gasteiger partial charge in [-0.05, 0) is 18.2 Å². The summed E-state index contributed by atoms with van der Waals surface area (Å²) >= 11 is 19.0. The molecule has 160 valence electrons. The third-order valence-corrected chi connectivity index (χ3v) is 7.65. The van der Waals surface area contributed by atoms with E-state index in [0.717, 1.165) is 0 Å². The van der Waals surface area contributed by atoms with Crippen molar-refractivity contribution in [3.05, 3.63) is 86.4 Å². The Morgan fingerprint density at radius 2 is 1.42 bits per heavy atom. The number of ketones is 1. The highest BCUT2D eigenvalue weighted by Gasteiger charge is 2.30. The van der Waals surface area contributed by atoms with Gasteiger partial charge in [0.2, 0.25) is 5.52 Å². The molecule has 0 saturated carbocycles. The summed E-state index contributed by atoms with van der Waals surface area (Å²) in [5.74, 6) is -0.0211. The molecule has 0 amide bonds. The summed E-state index contributed by atoms with van der Waals surface area (Å²) < 4.78 is 23.7. The van der Waals surface area contributed by atoms with E-state index in [4.69, 9.17) is 44.3 Å². The number of hydrogen-bond acceptors (Lipinski definition) is 5. The maximum Gasteiger partial charge on any atom is 0.230 e. The van der Waals surface area contributed by atoms with E-state index >= 15 is 0 Å². The SMILES string of the molecule is COc1cccc(OC)c1C(=O)[PH](=O)c1c(Cl)cc(C(=O)c2ccccc2)c(Cl)c1Cl. The zero-order valence-corrected chi connectivity index (χ0v) is 19.6. The van der Waals surface area contributed by atoms with Crippen molar-refractivity contribution in [1.29, 1.82) is 0 Å². The highest BCUT2D eigenvalue weighted by Crippen LogP contribution is 2.42. The molecule has 0 N–H and O–H groups in total. The lowest BCUT2D eigenvalue weighted by Gasteiger charge is -2.15. The molecule has 0 fully saturated rings. The number of rotatable bonds is 7. The molecule has 0 aliphatic heterocycles. The number of carbonyl (C=O) groups excluding carboxylic acids is 2. The number of halogens is 3. The molecule has 31 heavy (non-hydrogen) atoms. The lowest BCUT2D eigenvalue weighted by Crippen LogP contribution is -2.13. The van der Waals surface area contributed by atoms with Crippen LogP contribution in [0.25, 0.3) is 0 Å². The molecule has 0 saturated heterocycles. The van der Waals surface area contributed by atoms with Gasteiger partial charge in [-0.15, -0.1) is 0 Å². The third-order valence-electron chi connectivity index (χ3n) is 4.53. The van der Waals surface area contributed by atoms with E-state index < -0.39 is 19.1 Å². The summed E-state index contributed by atoms with van der Waals surface area (Å²) in [6, 6.07) is 14.4. The predicted octanol–water partition coefficient (Wildman–Crippen LogP) is 5.92. The molecule has 3 aromatic carbocycles. The van der Waals surface area contributed by atoms with Crippen LogP contribution in [0.3, 0.4) is 0 Å². The minimum absolute atomic E-state index is 0.00378. The van der Waals surface area contributed by atoms with Crippen LogP contribution in [-0.2, 0) is 4.57 Å². The van der Waals surface area contributed by atoms with Crippen molar-refractivity contribution >= 4 is 59.2 Å². The third kappa shape index (κ3) is 4.51. The van der Waals surface area contributed by atoms with Gasteiger partial charge in [0.05, 0.1) is 34.6 Å². The van der Waals surface area contributed by atoms with Crippen LogP contribution >= 0.6 is 42.6 Å². The number of methoxy groups -OCH3 is 2. The van der Waals surface area contributed by atoms with Gasteiger partial charge >= 0.3 is 0 Å². The van der Waals surface area contributed by atoms with Crippen LogP contribution in [0.5, 0.6) is 11.5 Å². The Balaban J connectivity index is 2.09. The summed E-state index contributed by atoms with van der Waals surface area (Å²) in [4.78, 5) is 25.9. The maximum absolute atomic E-state index is 13.2. The predicted molar refractivity (Wildman–Crippen MR) is 124 cm³/mol. The lowest BCUT2D eigenvalue weighted by atomic mass is 10.0. The molecule has 9 heteroatoms. The van der Waals surface area contributed by atoms with Gasteiger partial charge in [0.15, 0.2) is 13.6 Å². The second-order valence-corrected chi connectivity index (χ2v) is 9.08. The minimum atomic E-state index is -3.26. The first-order valence-corrected chi connectivity index (χ1v) is 11.4. The topological polar surface area (TPSA) is 69.7 Å². The van der Waals surface area contributed by atoms with Crippen LogP contribution in [0.15, 0.2) is 54.6 Å². The van der Waals surface area contributed by atoms with E-state index in [-0.39, 0.29) is 43.0 Å². The van der Waals surface area contributed by atoms with Crippen LogP contribution in [0.2, 0.25) is 15.1 Å². The van der Waals surface area contributed by atoms with E-state index in [2.05, 4.69) is 0 Å². The molecule has 0 radical (unpaired) electrons. The molecular formula is C22H16Cl3O5P. The maximum atomic E-state index is 13.2. The first-order valence-electron chi connectivity index (χ1n) is 8.89. The normalized spacial score (nSPS) is 11.6. The molecular weight excluding hydrogens is 482 g/mol. The Bertz CT molecular complexity index is 1170. The van der Waals surface area contributed by atoms with Gasteiger partial charge < -0.3 is 14.0 Å². The Labute approximate surface area is 194 Å². The minimum Gasteiger partial charge on any atom is -0.496 e. The van der Waals surface area contributed by atoms with Gasteiger partial charge in [-0.25, -0.2) is 0 Å². The van der Waals surface area contributed by atoms with Crippen molar-refractivity contribution < 1.29 is 23.6 Å². The van der Waals surface area contributed by atoms with Gasteiger partial charge in [-0.2, -0.15) is 0 Å². The molecule has 1 atom stereocenters. The highest BCUT2D eigenvalue weighted by molar-refractivity contribution is 7.72. The van der Waals surface area contributed by atoms with Gasteiger partial charge in [-0.3, -0.25) is 9.59 Å². The van der Waals surface area contributed by atoms with Gasteiger partial charge in [0, 0.05) is 11.1 Å². The van der Waals surface area contributed by atoms with Crippen LogP contribution in [0, 0.1) is 0 Å². The van der Waals surface area contributed by atoms with Crippen molar-refractivity contribution in [2.75, 3.05) is 14.2 Å². The van der Waals surface area contributed by atoms with E-state index in [0.29, 0.717) is 5.56 Å². The molecule has 3 rings (SSSR count). The molecule has 5 nitrogen and oxygen atoms in total. The van der Waals surface area contributed by atoms with Crippen LogP contribution in [0.4, 0.5) is 0 Å². The molecule has 0 spiro atoms. The molecule has 0 aromatic heterocycles. The van der Waals surface area contributed by atoms with Gasteiger partial charge in [0.25, 0.3) is 0 Å². The Morgan fingerprint density at radius 3 is 1.97 bits per heavy atom. The zero-order valence-electron chi connectivity index (χ0n) is 16.4. The summed E-state index contributed by atoms with van der Waals surface area (Å²) in [5, 5.41) is -0.562. The molecule has 0 aliphatic carbocycles. The molecule has 3 aromatic rings. The number of hydrogen-bond donors (Lipinski definition) is 0. The Kier molecular flexibility index (Phi) is 7.45. The summed E-state index contributed by atoms with van der Waals surface area (Å²) in [7, 11) is -0.501. The van der Waals surface area contributed by atoms with Crippen LogP contribution < -0.4 is 14.8 Å². The largest absolute Gasteiger partial charge is 0.496 e. The second kappa shape index (κ2) is 9.88. The van der Waals surface area contributed by atoms with Crippen molar-refractivity contribution in [2.45, 2.75) is 0 Å². The average molecular weight is 498 g/mol. The smallest absolute Gasteiger partial charge is 0.230 e. The fraction of sp³-hybridized carbons (Fsp3) is 0.0909. The fourth-order valence-corrected chi connectivity index (χ4v) is 5.61. The summed E-state index contributed by atoms with van der Waals surface area (Å²) in [5.41, 5.74) is -0.333. The summed E-state index contributed by atoms with van der Waals surface area (Å²) in [6.07, 6.45) is 0. The molecule has 0 heterocycles. The van der Waals surface area contributed by atoms with Gasteiger partial charge in [0.1, 0.15) is 17.1 Å². The van der Waals surface area contributed by atoms with Crippen molar-refractivity contribution in [3.8, 4) is 11.5 Å². The van der Waals surface area contributed by atoms with E-state index in [1.165, 1.54) is 20.3 Å². The standard InChI is InChI=1S/C22H16Cl3O5P/c1-29-15-9-6-10-16(30-2)17(15)22(27)31(28)21-14(23)11-13(18(24)19(21)25)20(26)12-7-4-3-5-8-12/h3-11,31H,1-2H3. The number of benzene rings is 3. The van der Waals surface area contributed by atoms with Crippen molar-refractivity contribution in [3.63, 3.8) is 0 Å². The second-order valence-electron chi connectivity index (χ2n) is 6.30. The first-order chi connectivity index (χ1) is 14.8. The highest BCUT2D eigenvalue weighted by atomic mass is 35.5. The molecule has 0 aliphatic rings. The van der Waals surface area contributed by atoms with Gasteiger partial charge in [-0.1, -0.05) is 71.2 Å². The molecule has 1 unspecified atom stereocenters. The first kappa shape index (κ1) is 23.4. The quantitative estimate of drug-likeness (QED) is 0.230. The number of carbonyl (C=O) groups is 2. The monoisotopic (exact) mass is 496 g/mol. The van der Waals surface area contributed by atoms with E-state index in [9.17, 15) is 14.2 Å². The average Bonchev–Trinajstić information content (AvgIpc) is 2.80. The zero-order chi connectivity index (χ0) is 22.7. The Hall–Kier alpha value is -2.30. The fourth-order valence-electron chi connectivity index (χ4n) is 3.02. The number of ether oxygens (including phenoxy) is 2. The molecule has 0 bridgehead atoms. The van der Waals surface area contributed by atoms with Crippen LogP contribution in [-0.4, -0.2) is 25.5 Å². The van der Waals surface area contributed by atoms with E-state index in [1.807, 2.05) is 0 Å². The van der Waals surface area contributed by atoms with E-state index in [1.54, 1.807) is 48.5 Å².